The standard InChI is InChI=1S/C12H14BrFN2O2/c1-16(10-5-15-6-11(10)17)12(18)8-4-7(13)2-3-9(8)14/h2-4,10-11,15,17H,5-6H2,1H3/t10-,11-/m1/s1. The predicted molar refractivity (Wildman–Crippen MR) is 68.9 cm³/mol. The van der Waals surface area contributed by atoms with Crippen molar-refractivity contribution in [3.8, 4) is 0 Å². The molecule has 1 aliphatic rings. The molecular weight excluding hydrogens is 303 g/mol. The molecule has 1 saturated heterocycles. The molecule has 0 unspecified atom stereocenters. The summed E-state index contributed by atoms with van der Waals surface area (Å²) in [5.74, 6) is -0.989. The van der Waals surface area contributed by atoms with Crippen LogP contribution in [-0.4, -0.2) is 48.2 Å². The summed E-state index contributed by atoms with van der Waals surface area (Å²) in [4.78, 5) is 13.6. The van der Waals surface area contributed by atoms with Crippen molar-refractivity contribution >= 4 is 21.8 Å². The lowest BCUT2D eigenvalue weighted by Gasteiger charge is -2.26. The van der Waals surface area contributed by atoms with Gasteiger partial charge in [-0.05, 0) is 18.2 Å². The van der Waals surface area contributed by atoms with Crippen LogP contribution in [0.5, 0.6) is 0 Å². The molecular formula is C12H14BrFN2O2. The van der Waals surface area contributed by atoms with Gasteiger partial charge in [-0.1, -0.05) is 15.9 Å². The number of likely N-dealkylation sites (N-methyl/N-ethyl adjacent to an activating group) is 1. The number of β-amino-alcohol motifs (C(OH)–C–C–N with tert-alkyl or cyclic N) is 1. The lowest BCUT2D eigenvalue weighted by Crippen LogP contribution is -2.44. The fraction of sp³-hybridized carbons (Fsp3) is 0.417. The van der Waals surface area contributed by atoms with Crippen LogP contribution in [0.15, 0.2) is 22.7 Å². The number of amides is 1. The first-order chi connectivity index (χ1) is 8.50. The van der Waals surface area contributed by atoms with Crippen molar-refractivity contribution in [3.63, 3.8) is 0 Å². The maximum absolute atomic E-state index is 13.6. The van der Waals surface area contributed by atoms with Gasteiger partial charge in [-0.15, -0.1) is 0 Å². The topological polar surface area (TPSA) is 52.6 Å². The van der Waals surface area contributed by atoms with Crippen molar-refractivity contribution in [3.05, 3.63) is 34.1 Å². The molecule has 2 N–H and O–H groups in total. The average molecular weight is 317 g/mol. The second-order valence-electron chi connectivity index (χ2n) is 4.33. The van der Waals surface area contributed by atoms with Gasteiger partial charge in [-0.2, -0.15) is 0 Å². The first-order valence-corrected chi connectivity index (χ1v) is 6.41. The van der Waals surface area contributed by atoms with Gasteiger partial charge in [-0.25, -0.2) is 4.39 Å². The van der Waals surface area contributed by atoms with Gasteiger partial charge >= 0.3 is 0 Å². The average Bonchev–Trinajstić information content (AvgIpc) is 2.77. The van der Waals surface area contributed by atoms with E-state index >= 15 is 0 Å². The third-order valence-corrected chi connectivity index (χ3v) is 3.62. The predicted octanol–water partition coefficient (Wildman–Crippen LogP) is 0.993. The monoisotopic (exact) mass is 316 g/mol. The van der Waals surface area contributed by atoms with E-state index < -0.39 is 17.8 Å². The normalized spacial score (nSPS) is 23.1. The molecule has 2 atom stereocenters. The Morgan fingerprint density at radius 1 is 1.56 bits per heavy atom. The number of carbonyl (C=O) groups excluding carboxylic acids is 1. The summed E-state index contributed by atoms with van der Waals surface area (Å²) in [7, 11) is 1.57. The highest BCUT2D eigenvalue weighted by Crippen LogP contribution is 2.19. The van der Waals surface area contributed by atoms with E-state index in [9.17, 15) is 14.3 Å². The summed E-state index contributed by atoms with van der Waals surface area (Å²) in [6, 6.07) is 3.91. The van der Waals surface area contributed by atoms with Crippen LogP contribution in [0.3, 0.4) is 0 Å². The Balaban J connectivity index is 2.22. The van der Waals surface area contributed by atoms with Crippen molar-refractivity contribution in [2.45, 2.75) is 12.1 Å². The fourth-order valence-corrected chi connectivity index (χ4v) is 2.41. The van der Waals surface area contributed by atoms with E-state index in [2.05, 4.69) is 21.2 Å². The Morgan fingerprint density at radius 2 is 2.28 bits per heavy atom. The third kappa shape index (κ3) is 2.55. The van der Waals surface area contributed by atoms with Gasteiger partial charge < -0.3 is 15.3 Å². The fourth-order valence-electron chi connectivity index (χ4n) is 2.05. The number of nitrogens with zero attached hydrogens (tertiary/aromatic N) is 1. The minimum Gasteiger partial charge on any atom is -0.390 e. The zero-order valence-corrected chi connectivity index (χ0v) is 11.4. The minimum absolute atomic E-state index is 0.00553. The van der Waals surface area contributed by atoms with E-state index in [0.717, 1.165) is 0 Å². The molecule has 98 valence electrons. The molecule has 1 aromatic rings. The van der Waals surface area contributed by atoms with E-state index in [-0.39, 0.29) is 11.6 Å². The highest BCUT2D eigenvalue weighted by atomic mass is 79.9. The molecule has 1 amide bonds. The highest BCUT2D eigenvalue weighted by molar-refractivity contribution is 9.10. The Bertz CT molecular complexity index is 469. The minimum atomic E-state index is -0.617. The number of aliphatic hydroxyl groups is 1. The third-order valence-electron chi connectivity index (χ3n) is 3.13. The molecule has 4 nitrogen and oxygen atoms in total. The van der Waals surface area contributed by atoms with Gasteiger partial charge in [0.2, 0.25) is 0 Å². The van der Waals surface area contributed by atoms with E-state index in [1.165, 1.54) is 23.1 Å². The summed E-state index contributed by atoms with van der Waals surface area (Å²) in [5, 5.41) is 12.7. The largest absolute Gasteiger partial charge is 0.390 e. The van der Waals surface area contributed by atoms with E-state index in [1.54, 1.807) is 7.05 Å². The molecule has 0 radical (unpaired) electrons. The lowest BCUT2D eigenvalue weighted by atomic mass is 10.1. The van der Waals surface area contributed by atoms with Gasteiger partial charge in [0.25, 0.3) is 5.91 Å². The first kappa shape index (κ1) is 13.5. The van der Waals surface area contributed by atoms with Crippen molar-refractivity contribution in [2.75, 3.05) is 20.1 Å². The van der Waals surface area contributed by atoms with Crippen molar-refractivity contribution in [2.24, 2.45) is 0 Å². The van der Waals surface area contributed by atoms with Gasteiger partial charge in [0, 0.05) is 24.6 Å². The molecule has 0 bridgehead atoms. The Kier molecular flexibility index (Phi) is 3.99. The SMILES string of the molecule is CN(C(=O)c1cc(Br)ccc1F)[C@@H]1CNC[C@H]1O. The van der Waals surface area contributed by atoms with E-state index in [1.807, 2.05) is 0 Å². The van der Waals surface area contributed by atoms with Crippen molar-refractivity contribution in [1.82, 2.24) is 10.2 Å². The number of benzene rings is 1. The van der Waals surface area contributed by atoms with Gasteiger partial charge in [0.15, 0.2) is 0 Å². The molecule has 1 fully saturated rings. The number of hydrogen-bond acceptors (Lipinski definition) is 3. The molecule has 0 spiro atoms. The van der Waals surface area contributed by atoms with Crippen LogP contribution in [0.1, 0.15) is 10.4 Å². The summed E-state index contributed by atoms with van der Waals surface area (Å²) >= 11 is 3.21. The van der Waals surface area contributed by atoms with Crippen LogP contribution in [0, 0.1) is 5.82 Å². The first-order valence-electron chi connectivity index (χ1n) is 5.61. The molecule has 1 heterocycles. The number of halogens is 2. The molecule has 1 aromatic carbocycles. The van der Waals surface area contributed by atoms with E-state index in [4.69, 9.17) is 0 Å². The van der Waals surface area contributed by atoms with Crippen LogP contribution < -0.4 is 5.32 Å². The van der Waals surface area contributed by atoms with Crippen LogP contribution in [0.25, 0.3) is 0 Å². The van der Waals surface area contributed by atoms with Crippen molar-refractivity contribution in [1.29, 1.82) is 0 Å². The number of aliphatic hydroxyl groups excluding tert-OH is 1. The Labute approximate surface area is 113 Å². The van der Waals surface area contributed by atoms with Crippen LogP contribution in [0.4, 0.5) is 4.39 Å². The smallest absolute Gasteiger partial charge is 0.256 e. The highest BCUT2D eigenvalue weighted by Gasteiger charge is 2.32. The summed E-state index contributed by atoms with van der Waals surface area (Å²) in [6.45, 7) is 0.961. The molecule has 6 heteroatoms. The maximum atomic E-state index is 13.6. The van der Waals surface area contributed by atoms with Gasteiger partial charge in [0.05, 0.1) is 17.7 Å². The number of rotatable bonds is 2. The van der Waals surface area contributed by atoms with Gasteiger partial charge in [0.1, 0.15) is 5.82 Å². The number of carbonyl (C=O) groups is 1. The molecule has 0 aromatic heterocycles. The van der Waals surface area contributed by atoms with E-state index in [0.29, 0.717) is 17.6 Å². The Hall–Kier alpha value is -0.980. The molecule has 0 saturated carbocycles. The second-order valence-corrected chi connectivity index (χ2v) is 5.25. The Morgan fingerprint density at radius 3 is 2.89 bits per heavy atom. The van der Waals surface area contributed by atoms with Crippen LogP contribution in [0.2, 0.25) is 0 Å². The lowest BCUT2D eigenvalue weighted by molar-refractivity contribution is 0.0577. The van der Waals surface area contributed by atoms with Crippen LogP contribution >= 0.6 is 15.9 Å². The summed E-state index contributed by atoms with van der Waals surface area (Å²) in [6.07, 6.45) is -0.617. The zero-order valence-electron chi connectivity index (χ0n) is 9.86. The molecule has 1 aliphatic heterocycles. The molecule has 0 aliphatic carbocycles. The van der Waals surface area contributed by atoms with Crippen LogP contribution in [-0.2, 0) is 0 Å². The molecule has 2 rings (SSSR count). The summed E-state index contributed by atoms with van der Waals surface area (Å²) in [5.41, 5.74) is 0.00553. The quantitative estimate of drug-likeness (QED) is 0.855. The number of nitrogens with one attached hydrogen (secondary N) is 1. The molecule has 18 heavy (non-hydrogen) atoms. The second kappa shape index (κ2) is 5.34. The van der Waals surface area contributed by atoms with Crippen molar-refractivity contribution < 1.29 is 14.3 Å². The number of hydrogen-bond donors (Lipinski definition) is 2. The maximum Gasteiger partial charge on any atom is 0.256 e. The van der Waals surface area contributed by atoms with Gasteiger partial charge in [-0.3, -0.25) is 4.79 Å². The zero-order chi connectivity index (χ0) is 13.3. The summed E-state index contributed by atoms with van der Waals surface area (Å²) < 4.78 is 14.3.